The van der Waals surface area contributed by atoms with E-state index < -0.39 is 35.7 Å². The van der Waals surface area contributed by atoms with Crippen LogP contribution in [0.5, 0.6) is 0 Å². The minimum Gasteiger partial charge on any atom is -0.326 e. The van der Waals surface area contributed by atoms with Gasteiger partial charge in [-0.25, -0.2) is 0 Å². The van der Waals surface area contributed by atoms with E-state index in [-0.39, 0.29) is 5.02 Å². The minimum atomic E-state index is -4.69. The van der Waals surface area contributed by atoms with Gasteiger partial charge in [0.2, 0.25) is 11.8 Å². The zero-order chi connectivity index (χ0) is 19.5. The summed E-state index contributed by atoms with van der Waals surface area (Å²) >= 11 is 5.58. The van der Waals surface area contributed by atoms with E-state index in [9.17, 15) is 22.8 Å². The molecule has 4 nitrogen and oxygen atoms in total. The van der Waals surface area contributed by atoms with Crippen molar-refractivity contribution in [3.63, 3.8) is 0 Å². The summed E-state index contributed by atoms with van der Waals surface area (Å²) < 4.78 is 39.0. The molecule has 8 heteroatoms. The Morgan fingerprint density at radius 3 is 2.23 bits per heavy atom. The topological polar surface area (TPSA) is 58.2 Å². The number of carbonyl (C=O) groups excluding carboxylic acids is 2. The highest BCUT2D eigenvalue weighted by atomic mass is 35.5. The summed E-state index contributed by atoms with van der Waals surface area (Å²) in [5.74, 6) is -1.49. The molecule has 0 atom stereocenters. The number of anilines is 2. The average Bonchev–Trinajstić information content (AvgIpc) is 2.51. The molecule has 0 fully saturated rings. The van der Waals surface area contributed by atoms with Gasteiger partial charge in [-0.05, 0) is 55.3 Å². The van der Waals surface area contributed by atoms with Crippen LogP contribution in [0.3, 0.4) is 0 Å². The van der Waals surface area contributed by atoms with Gasteiger partial charge in [0.25, 0.3) is 0 Å². The Labute approximate surface area is 153 Å². The number of halogens is 4. The molecule has 2 rings (SSSR count). The lowest BCUT2D eigenvalue weighted by Gasteiger charge is -2.14. The summed E-state index contributed by atoms with van der Waals surface area (Å²) in [7, 11) is 0. The van der Waals surface area contributed by atoms with Crippen molar-refractivity contribution in [1.82, 2.24) is 0 Å². The van der Waals surface area contributed by atoms with Gasteiger partial charge in [-0.1, -0.05) is 17.7 Å². The van der Waals surface area contributed by atoms with E-state index in [0.717, 1.165) is 17.2 Å². The summed E-state index contributed by atoms with van der Waals surface area (Å²) in [5.41, 5.74) is 0.985. The largest absolute Gasteiger partial charge is 0.418 e. The molecule has 0 spiro atoms. The molecule has 0 saturated carbocycles. The normalized spacial score (nSPS) is 11.2. The Morgan fingerprint density at radius 2 is 1.62 bits per heavy atom. The standard InChI is InChI=1S/C18H16ClF3N2O2/c1-10-3-5-13(7-11(10)2)23-16(25)9-17(26)24-15-6-4-12(19)8-14(15)18(20,21)22/h3-8H,9H2,1-2H3,(H,23,25)(H,24,26). The second-order valence-electron chi connectivity index (χ2n) is 5.76. The minimum absolute atomic E-state index is 0.109. The van der Waals surface area contributed by atoms with Gasteiger partial charge in [-0.2, -0.15) is 13.2 Å². The van der Waals surface area contributed by atoms with E-state index >= 15 is 0 Å². The molecule has 0 aliphatic carbocycles. The molecule has 0 unspecified atom stereocenters. The molecule has 2 N–H and O–H groups in total. The second kappa shape index (κ2) is 7.78. The van der Waals surface area contributed by atoms with Gasteiger partial charge in [0.05, 0.1) is 11.3 Å². The third-order valence-electron chi connectivity index (χ3n) is 3.67. The molecule has 0 bridgehead atoms. The van der Waals surface area contributed by atoms with E-state index in [1.807, 2.05) is 19.9 Å². The predicted molar refractivity (Wildman–Crippen MR) is 94.2 cm³/mol. The van der Waals surface area contributed by atoms with Crippen LogP contribution in [0.25, 0.3) is 0 Å². The molecule has 2 aromatic rings. The smallest absolute Gasteiger partial charge is 0.326 e. The van der Waals surface area contributed by atoms with Gasteiger partial charge >= 0.3 is 6.18 Å². The number of nitrogens with one attached hydrogen (secondary N) is 2. The molecule has 0 aromatic heterocycles. The number of alkyl halides is 3. The summed E-state index contributed by atoms with van der Waals surface area (Å²) in [5, 5.41) is 4.53. The number of rotatable bonds is 4. The average molecular weight is 385 g/mol. The van der Waals surface area contributed by atoms with Crippen LogP contribution < -0.4 is 10.6 Å². The number of carbonyl (C=O) groups is 2. The van der Waals surface area contributed by atoms with Crippen molar-refractivity contribution in [3.8, 4) is 0 Å². The summed E-state index contributed by atoms with van der Waals surface area (Å²) in [6.07, 6.45) is -5.30. The van der Waals surface area contributed by atoms with Crippen LogP contribution in [-0.2, 0) is 15.8 Å². The Morgan fingerprint density at radius 1 is 0.962 bits per heavy atom. The second-order valence-corrected chi connectivity index (χ2v) is 6.20. The summed E-state index contributed by atoms with van der Waals surface area (Å²) in [6, 6.07) is 8.22. The van der Waals surface area contributed by atoms with Gasteiger partial charge in [0.1, 0.15) is 6.42 Å². The maximum Gasteiger partial charge on any atom is 0.418 e. The molecule has 0 radical (unpaired) electrons. The highest BCUT2D eigenvalue weighted by Crippen LogP contribution is 2.36. The summed E-state index contributed by atoms with van der Waals surface area (Å²) in [4.78, 5) is 23.9. The Hall–Kier alpha value is -2.54. The Kier molecular flexibility index (Phi) is 5.92. The fraction of sp³-hybridized carbons (Fsp3) is 0.222. The van der Waals surface area contributed by atoms with E-state index in [1.54, 1.807) is 12.1 Å². The zero-order valence-electron chi connectivity index (χ0n) is 14.0. The van der Waals surface area contributed by atoms with Crippen LogP contribution in [-0.4, -0.2) is 11.8 Å². The van der Waals surface area contributed by atoms with Crippen molar-refractivity contribution in [2.24, 2.45) is 0 Å². The van der Waals surface area contributed by atoms with Crippen molar-refractivity contribution in [1.29, 1.82) is 0 Å². The lowest BCUT2D eigenvalue weighted by atomic mass is 10.1. The maximum atomic E-state index is 13.0. The fourth-order valence-electron chi connectivity index (χ4n) is 2.22. The highest BCUT2D eigenvalue weighted by molar-refractivity contribution is 6.30. The van der Waals surface area contributed by atoms with Crippen LogP contribution in [0.2, 0.25) is 5.02 Å². The van der Waals surface area contributed by atoms with Crippen molar-refractivity contribution >= 4 is 34.8 Å². The SMILES string of the molecule is Cc1ccc(NC(=O)CC(=O)Nc2ccc(Cl)cc2C(F)(F)F)cc1C. The summed E-state index contributed by atoms with van der Waals surface area (Å²) in [6.45, 7) is 3.79. The molecular formula is C18H16ClF3N2O2. The van der Waals surface area contributed by atoms with Crippen molar-refractivity contribution in [2.45, 2.75) is 26.4 Å². The molecule has 2 aromatic carbocycles. The third-order valence-corrected chi connectivity index (χ3v) is 3.91. The number of amides is 2. The molecule has 2 amide bonds. The van der Waals surface area contributed by atoms with Crippen molar-refractivity contribution < 1.29 is 22.8 Å². The molecule has 26 heavy (non-hydrogen) atoms. The van der Waals surface area contributed by atoms with Crippen molar-refractivity contribution in [2.75, 3.05) is 10.6 Å². The van der Waals surface area contributed by atoms with Crippen LogP contribution in [0.1, 0.15) is 23.1 Å². The van der Waals surface area contributed by atoms with E-state index in [2.05, 4.69) is 10.6 Å². The predicted octanol–water partition coefficient (Wildman–Crippen LogP) is 4.94. The lowest BCUT2D eigenvalue weighted by Crippen LogP contribution is -2.23. The first-order valence-corrected chi connectivity index (χ1v) is 7.98. The van der Waals surface area contributed by atoms with E-state index in [1.165, 1.54) is 6.07 Å². The molecular weight excluding hydrogens is 369 g/mol. The van der Waals surface area contributed by atoms with Gasteiger partial charge in [0, 0.05) is 10.7 Å². The zero-order valence-corrected chi connectivity index (χ0v) is 14.8. The van der Waals surface area contributed by atoms with E-state index in [4.69, 9.17) is 11.6 Å². The number of aryl methyl sites for hydroxylation is 2. The quantitative estimate of drug-likeness (QED) is 0.733. The van der Waals surface area contributed by atoms with Crippen LogP contribution in [0.15, 0.2) is 36.4 Å². The molecule has 138 valence electrons. The monoisotopic (exact) mass is 384 g/mol. The molecule has 0 aliphatic heterocycles. The Bertz CT molecular complexity index is 851. The van der Waals surface area contributed by atoms with Crippen LogP contribution >= 0.6 is 11.6 Å². The molecule has 0 aliphatic rings. The fourth-order valence-corrected chi connectivity index (χ4v) is 2.40. The van der Waals surface area contributed by atoms with Gasteiger partial charge in [-0.3, -0.25) is 9.59 Å². The highest BCUT2D eigenvalue weighted by Gasteiger charge is 2.34. The molecule has 0 heterocycles. The number of hydrogen-bond donors (Lipinski definition) is 2. The third kappa shape index (κ3) is 5.23. The number of hydrogen-bond acceptors (Lipinski definition) is 2. The first kappa shape index (κ1) is 19.8. The van der Waals surface area contributed by atoms with Gasteiger partial charge < -0.3 is 10.6 Å². The van der Waals surface area contributed by atoms with Gasteiger partial charge in [0.15, 0.2) is 0 Å². The van der Waals surface area contributed by atoms with Crippen LogP contribution in [0, 0.1) is 13.8 Å². The van der Waals surface area contributed by atoms with Crippen molar-refractivity contribution in [3.05, 3.63) is 58.1 Å². The van der Waals surface area contributed by atoms with Crippen LogP contribution in [0.4, 0.5) is 24.5 Å². The Balaban J connectivity index is 2.04. The van der Waals surface area contributed by atoms with E-state index in [0.29, 0.717) is 11.8 Å². The van der Waals surface area contributed by atoms with Gasteiger partial charge in [-0.15, -0.1) is 0 Å². The first-order chi connectivity index (χ1) is 12.1. The maximum absolute atomic E-state index is 13.0. The number of benzene rings is 2. The lowest BCUT2D eigenvalue weighted by molar-refractivity contribution is -0.137. The first-order valence-electron chi connectivity index (χ1n) is 7.60. The molecule has 0 saturated heterocycles.